The highest BCUT2D eigenvalue weighted by Gasteiger charge is 2.05. The normalized spacial score (nSPS) is 10.6. The molecule has 4 heteroatoms. The minimum atomic E-state index is -0.184. The second-order valence-corrected chi connectivity index (χ2v) is 5.53. The molecule has 0 amide bonds. The Morgan fingerprint density at radius 2 is 1.90 bits per heavy atom. The van der Waals surface area contributed by atoms with Crippen LogP contribution in [0.2, 0.25) is 0 Å². The number of hydrogen-bond donors (Lipinski definition) is 1. The molecule has 106 valence electrons. The Labute approximate surface area is 127 Å². The molecule has 0 aromatic heterocycles. The molecule has 20 heavy (non-hydrogen) atoms. The molecule has 2 rings (SSSR count). The molecule has 0 saturated heterocycles. The zero-order chi connectivity index (χ0) is 14.4. The lowest BCUT2D eigenvalue weighted by atomic mass is 10.1. The van der Waals surface area contributed by atoms with E-state index in [9.17, 15) is 4.39 Å². The van der Waals surface area contributed by atoms with Crippen LogP contribution < -0.4 is 10.1 Å². The van der Waals surface area contributed by atoms with Gasteiger partial charge in [-0.25, -0.2) is 4.39 Å². The summed E-state index contributed by atoms with van der Waals surface area (Å²) in [7, 11) is 1.69. The van der Waals surface area contributed by atoms with E-state index in [0.717, 1.165) is 35.3 Å². The number of ether oxygens (including phenoxy) is 1. The first-order valence-corrected chi connectivity index (χ1v) is 7.37. The van der Waals surface area contributed by atoms with E-state index < -0.39 is 0 Å². The zero-order valence-electron chi connectivity index (χ0n) is 11.4. The van der Waals surface area contributed by atoms with Gasteiger partial charge in [0, 0.05) is 16.5 Å². The maximum Gasteiger partial charge on any atom is 0.127 e. The molecule has 0 unspecified atom stereocenters. The van der Waals surface area contributed by atoms with Crippen LogP contribution in [0.15, 0.2) is 46.9 Å². The smallest absolute Gasteiger partial charge is 0.127 e. The summed E-state index contributed by atoms with van der Waals surface area (Å²) in [5, 5.41) is 2.23. The van der Waals surface area contributed by atoms with Crippen molar-refractivity contribution in [2.75, 3.05) is 13.7 Å². The van der Waals surface area contributed by atoms with E-state index in [1.165, 1.54) is 17.7 Å². The van der Waals surface area contributed by atoms with Gasteiger partial charge in [-0.05, 0) is 35.9 Å². The Hall–Kier alpha value is -1.39. The van der Waals surface area contributed by atoms with Gasteiger partial charge in [0.2, 0.25) is 0 Å². The number of methoxy groups -OCH3 is 1. The van der Waals surface area contributed by atoms with Gasteiger partial charge in [0.1, 0.15) is 18.1 Å². The van der Waals surface area contributed by atoms with Gasteiger partial charge in [-0.2, -0.15) is 0 Å². The highest BCUT2D eigenvalue weighted by Crippen LogP contribution is 2.21. The molecule has 0 saturated carbocycles. The van der Waals surface area contributed by atoms with E-state index in [-0.39, 0.29) is 5.82 Å². The van der Waals surface area contributed by atoms with E-state index in [1.54, 1.807) is 7.11 Å². The summed E-state index contributed by atoms with van der Waals surface area (Å²) in [5.41, 5.74) is 2.32. The van der Waals surface area contributed by atoms with Gasteiger partial charge in [0.05, 0.1) is 13.7 Å². The van der Waals surface area contributed by atoms with Crippen LogP contribution in [0.1, 0.15) is 11.1 Å². The summed E-state index contributed by atoms with van der Waals surface area (Å²) < 4.78 is 19.2. The third-order valence-electron chi connectivity index (χ3n) is 3.16. The molecular weight excluding hydrogens is 321 g/mol. The number of halogens is 2. The number of quaternary nitrogens is 1. The predicted molar refractivity (Wildman–Crippen MR) is 81.3 cm³/mol. The first kappa shape index (κ1) is 15.0. The highest BCUT2D eigenvalue weighted by atomic mass is 79.9. The second kappa shape index (κ2) is 7.41. The molecule has 2 N–H and O–H groups in total. The highest BCUT2D eigenvalue weighted by molar-refractivity contribution is 9.10. The number of hydrogen-bond acceptors (Lipinski definition) is 1. The molecule has 0 atom stereocenters. The zero-order valence-corrected chi connectivity index (χ0v) is 13.0. The van der Waals surface area contributed by atoms with Gasteiger partial charge < -0.3 is 10.1 Å². The van der Waals surface area contributed by atoms with Crippen molar-refractivity contribution in [3.63, 3.8) is 0 Å². The van der Waals surface area contributed by atoms with Crippen LogP contribution in [0.5, 0.6) is 5.75 Å². The van der Waals surface area contributed by atoms with Crippen molar-refractivity contribution in [2.45, 2.75) is 13.0 Å². The van der Waals surface area contributed by atoms with Crippen LogP contribution in [0.25, 0.3) is 0 Å². The van der Waals surface area contributed by atoms with Gasteiger partial charge in [-0.3, -0.25) is 0 Å². The third kappa shape index (κ3) is 4.32. The van der Waals surface area contributed by atoms with Crippen molar-refractivity contribution >= 4 is 15.9 Å². The maximum atomic E-state index is 12.8. The summed E-state index contributed by atoms with van der Waals surface area (Å²) in [6.07, 6.45) is 0.927. The van der Waals surface area contributed by atoms with Crippen molar-refractivity contribution in [3.05, 3.63) is 63.9 Å². The molecule has 0 aliphatic heterocycles. The van der Waals surface area contributed by atoms with Crippen LogP contribution in [-0.4, -0.2) is 13.7 Å². The molecule has 0 aliphatic rings. The number of nitrogens with two attached hydrogens (primary N) is 1. The van der Waals surface area contributed by atoms with E-state index in [4.69, 9.17) is 4.74 Å². The fraction of sp³-hybridized carbons (Fsp3) is 0.250. The van der Waals surface area contributed by atoms with Crippen molar-refractivity contribution < 1.29 is 14.4 Å². The number of benzene rings is 2. The minimum Gasteiger partial charge on any atom is -0.496 e. The molecule has 0 radical (unpaired) electrons. The van der Waals surface area contributed by atoms with Crippen LogP contribution in [0.3, 0.4) is 0 Å². The Morgan fingerprint density at radius 1 is 1.15 bits per heavy atom. The molecule has 0 bridgehead atoms. The first-order chi connectivity index (χ1) is 9.69. The fourth-order valence-corrected chi connectivity index (χ4v) is 2.49. The van der Waals surface area contributed by atoms with Crippen LogP contribution >= 0.6 is 15.9 Å². The molecule has 0 heterocycles. The summed E-state index contributed by atoms with van der Waals surface area (Å²) in [6.45, 7) is 1.82. The van der Waals surface area contributed by atoms with Gasteiger partial charge in [0.15, 0.2) is 0 Å². The van der Waals surface area contributed by atoms with Gasteiger partial charge in [-0.15, -0.1) is 0 Å². The lowest BCUT2D eigenvalue weighted by Crippen LogP contribution is -2.83. The van der Waals surface area contributed by atoms with Crippen molar-refractivity contribution in [1.29, 1.82) is 0 Å². The Kier molecular flexibility index (Phi) is 5.56. The van der Waals surface area contributed by atoms with E-state index in [0.29, 0.717) is 0 Å². The largest absolute Gasteiger partial charge is 0.496 e. The molecule has 2 aromatic rings. The monoisotopic (exact) mass is 338 g/mol. The number of rotatable bonds is 6. The van der Waals surface area contributed by atoms with Crippen molar-refractivity contribution in [2.24, 2.45) is 0 Å². The molecule has 0 aliphatic carbocycles. The van der Waals surface area contributed by atoms with E-state index >= 15 is 0 Å². The third-order valence-corrected chi connectivity index (χ3v) is 3.65. The van der Waals surface area contributed by atoms with Crippen LogP contribution in [0, 0.1) is 5.82 Å². The average molecular weight is 339 g/mol. The lowest BCUT2D eigenvalue weighted by molar-refractivity contribution is -0.670. The average Bonchev–Trinajstić information content (AvgIpc) is 2.46. The maximum absolute atomic E-state index is 12.8. The summed E-state index contributed by atoms with van der Waals surface area (Å²) in [6, 6.07) is 12.7. The lowest BCUT2D eigenvalue weighted by Gasteiger charge is -2.08. The summed E-state index contributed by atoms with van der Waals surface area (Å²) in [5.74, 6) is 0.725. The molecule has 0 spiro atoms. The topological polar surface area (TPSA) is 25.8 Å². The molecule has 0 fully saturated rings. The predicted octanol–water partition coefficient (Wildman–Crippen LogP) is 2.90. The Morgan fingerprint density at radius 3 is 2.60 bits per heavy atom. The minimum absolute atomic E-state index is 0.184. The van der Waals surface area contributed by atoms with E-state index in [1.807, 2.05) is 24.3 Å². The molecule has 2 nitrogen and oxygen atoms in total. The van der Waals surface area contributed by atoms with Gasteiger partial charge >= 0.3 is 0 Å². The van der Waals surface area contributed by atoms with Crippen LogP contribution in [-0.2, 0) is 13.0 Å². The Balaban J connectivity index is 1.84. The molecular formula is C16H18BrFNO+. The molecule has 2 aromatic carbocycles. The SMILES string of the molecule is COc1ccc(Br)cc1C[NH2+]CCc1ccc(F)cc1. The summed E-state index contributed by atoms with van der Waals surface area (Å²) in [4.78, 5) is 0. The standard InChI is InChI=1S/C16H17BrFNO/c1-20-16-7-4-14(17)10-13(16)11-19-9-8-12-2-5-15(18)6-3-12/h2-7,10,19H,8-9,11H2,1H3/p+1. The fourth-order valence-electron chi connectivity index (χ4n) is 2.08. The van der Waals surface area contributed by atoms with Crippen LogP contribution in [0.4, 0.5) is 4.39 Å². The van der Waals surface area contributed by atoms with Gasteiger partial charge in [0.25, 0.3) is 0 Å². The van der Waals surface area contributed by atoms with Crippen molar-refractivity contribution in [1.82, 2.24) is 0 Å². The quantitative estimate of drug-likeness (QED) is 0.805. The van der Waals surface area contributed by atoms with E-state index in [2.05, 4.69) is 27.3 Å². The summed E-state index contributed by atoms with van der Waals surface area (Å²) >= 11 is 3.47. The van der Waals surface area contributed by atoms with Gasteiger partial charge in [-0.1, -0.05) is 28.1 Å². The van der Waals surface area contributed by atoms with Crippen molar-refractivity contribution in [3.8, 4) is 5.75 Å². The second-order valence-electron chi connectivity index (χ2n) is 4.61. The first-order valence-electron chi connectivity index (χ1n) is 6.57. The Bertz CT molecular complexity index is 557.